The van der Waals surface area contributed by atoms with Crippen LogP contribution in [0.15, 0.2) is 70.6 Å². The zero-order chi connectivity index (χ0) is 18.6. The van der Waals surface area contributed by atoms with Crippen molar-refractivity contribution >= 4 is 22.4 Å². The molecule has 0 saturated carbocycles. The number of ether oxygens (including phenoxy) is 1. The third-order valence-electron chi connectivity index (χ3n) is 3.71. The predicted molar refractivity (Wildman–Crippen MR) is 103 cm³/mol. The fourth-order valence-electron chi connectivity index (χ4n) is 2.42. The molecule has 0 saturated heterocycles. The number of hydrogen-bond donors (Lipinski definition) is 1. The number of carbonyl (C=O) groups excluding carboxylic acids is 1. The minimum atomic E-state index is -0.348. The monoisotopic (exact) mass is 377 g/mol. The van der Waals surface area contributed by atoms with E-state index in [1.165, 1.54) is 11.3 Å². The molecular formula is C20H15N3O3S. The Kier molecular flexibility index (Phi) is 4.67. The summed E-state index contributed by atoms with van der Waals surface area (Å²) in [6, 6.07) is 18.8. The Hall–Kier alpha value is -3.45. The lowest BCUT2D eigenvalue weighted by atomic mass is 10.2. The zero-order valence-corrected chi connectivity index (χ0v) is 15.2. The highest BCUT2D eigenvalue weighted by Crippen LogP contribution is 2.28. The number of carbonyl (C=O) groups is 1. The lowest BCUT2D eigenvalue weighted by molar-refractivity contribution is 0.101. The summed E-state index contributed by atoms with van der Waals surface area (Å²) in [5.74, 6) is 1.76. The van der Waals surface area contributed by atoms with Crippen LogP contribution in [0, 0.1) is 6.92 Å². The number of para-hydroxylation sites is 1. The van der Waals surface area contributed by atoms with E-state index >= 15 is 0 Å². The molecule has 6 nitrogen and oxygen atoms in total. The van der Waals surface area contributed by atoms with E-state index in [1.807, 2.05) is 60.0 Å². The summed E-state index contributed by atoms with van der Waals surface area (Å²) in [4.78, 5) is 16.6. The highest BCUT2D eigenvalue weighted by molar-refractivity contribution is 7.14. The van der Waals surface area contributed by atoms with Crippen molar-refractivity contribution in [2.24, 2.45) is 0 Å². The van der Waals surface area contributed by atoms with Crippen molar-refractivity contribution in [1.29, 1.82) is 0 Å². The minimum Gasteiger partial charge on any atom is -0.457 e. The third kappa shape index (κ3) is 4.04. The van der Waals surface area contributed by atoms with Crippen molar-refractivity contribution in [2.75, 3.05) is 5.32 Å². The number of benzene rings is 2. The van der Waals surface area contributed by atoms with Crippen molar-refractivity contribution in [1.82, 2.24) is 10.1 Å². The molecule has 1 N–H and O–H groups in total. The van der Waals surface area contributed by atoms with Gasteiger partial charge in [0.1, 0.15) is 17.3 Å². The Bertz CT molecular complexity index is 1060. The fraction of sp³-hybridized carbons (Fsp3) is 0.0500. The fourth-order valence-corrected chi connectivity index (χ4v) is 3.13. The summed E-state index contributed by atoms with van der Waals surface area (Å²) in [5.41, 5.74) is 1.94. The van der Waals surface area contributed by atoms with Crippen LogP contribution in [0.25, 0.3) is 11.3 Å². The van der Waals surface area contributed by atoms with E-state index in [9.17, 15) is 4.79 Å². The summed E-state index contributed by atoms with van der Waals surface area (Å²) >= 11 is 1.35. The standard InChI is InChI=1S/C20H15N3O3S/c1-13-11-17(23-26-13)19(24)22-20-21-18(12-27-20)14-7-9-16(10-8-14)25-15-5-3-2-4-6-15/h2-12H,1H3,(H,21,22,24). The van der Waals surface area contributed by atoms with Crippen LogP contribution in [0.5, 0.6) is 11.5 Å². The number of anilines is 1. The normalized spacial score (nSPS) is 10.6. The average Bonchev–Trinajstić information content (AvgIpc) is 3.32. The first-order chi connectivity index (χ1) is 13.2. The summed E-state index contributed by atoms with van der Waals surface area (Å²) < 4.78 is 10.7. The van der Waals surface area contributed by atoms with Gasteiger partial charge in [-0.1, -0.05) is 23.4 Å². The quantitative estimate of drug-likeness (QED) is 0.520. The Morgan fingerprint density at radius 3 is 2.52 bits per heavy atom. The molecule has 0 spiro atoms. The van der Waals surface area contributed by atoms with Gasteiger partial charge >= 0.3 is 0 Å². The van der Waals surface area contributed by atoms with E-state index in [2.05, 4.69) is 15.5 Å². The molecule has 0 aliphatic rings. The van der Waals surface area contributed by atoms with E-state index < -0.39 is 0 Å². The van der Waals surface area contributed by atoms with Crippen molar-refractivity contribution in [2.45, 2.75) is 6.92 Å². The van der Waals surface area contributed by atoms with Crippen molar-refractivity contribution in [3.63, 3.8) is 0 Å². The molecule has 0 bridgehead atoms. The van der Waals surface area contributed by atoms with Crippen LogP contribution in [0.4, 0.5) is 5.13 Å². The van der Waals surface area contributed by atoms with Crippen LogP contribution in [0.2, 0.25) is 0 Å². The van der Waals surface area contributed by atoms with E-state index in [0.717, 1.165) is 22.8 Å². The maximum absolute atomic E-state index is 12.1. The molecule has 0 aliphatic heterocycles. The first kappa shape index (κ1) is 17.0. The molecule has 2 aromatic heterocycles. The van der Waals surface area contributed by atoms with E-state index in [0.29, 0.717) is 10.9 Å². The van der Waals surface area contributed by atoms with Gasteiger partial charge in [-0.2, -0.15) is 0 Å². The second-order valence-electron chi connectivity index (χ2n) is 5.75. The molecule has 0 unspecified atom stereocenters. The van der Waals surface area contributed by atoms with Crippen LogP contribution < -0.4 is 10.1 Å². The number of amides is 1. The molecule has 134 valence electrons. The molecule has 2 heterocycles. The van der Waals surface area contributed by atoms with E-state index in [4.69, 9.17) is 9.26 Å². The van der Waals surface area contributed by atoms with Crippen molar-refractivity contribution < 1.29 is 14.1 Å². The van der Waals surface area contributed by atoms with E-state index in [-0.39, 0.29) is 11.6 Å². The van der Waals surface area contributed by atoms with Gasteiger partial charge in [0.2, 0.25) is 0 Å². The topological polar surface area (TPSA) is 77.2 Å². The molecule has 7 heteroatoms. The number of aromatic nitrogens is 2. The zero-order valence-electron chi connectivity index (χ0n) is 14.4. The predicted octanol–water partition coefficient (Wildman–Crippen LogP) is 5.15. The maximum atomic E-state index is 12.1. The maximum Gasteiger partial charge on any atom is 0.279 e. The number of hydrogen-bond acceptors (Lipinski definition) is 6. The highest BCUT2D eigenvalue weighted by Gasteiger charge is 2.13. The molecule has 4 aromatic rings. The third-order valence-corrected chi connectivity index (χ3v) is 4.47. The van der Waals surface area contributed by atoms with Gasteiger partial charge in [0, 0.05) is 17.0 Å². The SMILES string of the molecule is Cc1cc(C(=O)Nc2nc(-c3ccc(Oc4ccccc4)cc3)cs2)no1. The second kappa shape index (κ2) is 7.43. The molecule has 4 rings (SSSR count). The number of rotatable bonds is 5. The van der Waals surface area contributed by atoms with Gasteiger partial charge < -0.3 is 9.26 Å². The Labute approximate surface area is 159 Å². The summed E-state index contributed by atoms with van der Waals surface area (Å²) in [7, 11) is 0. The Balaban J connectivity index is 1.44. The number of nitrogens with zero attached hydrogens (tertiary/aromatic N) is 2. The van der Waals surface area contributed by atoms with E-state index in [1.54, 1.807) is 13.0 Å². The van der Waals surface area contributed by atoms with Crippen LogP contribution in [0.3, 0.4) is 0 Å². The smallest absolute Gasteiger partial charge is 0.279 e. The first-order valence-electron chi connectivity index (χ1n) is 8.21. The van der Waals surface area contributed by atoms with Crippen LogP contribution in [-0.4, -0.2) is 16.0 Å². The molecule has 0 atom stereocenters. The molecule has 27 heavy (non-hydrogen) atoms. The van der Waals surface area contributed by atoms with Gasteiger partial charge in [-0.3, -0.25) is 10.1 Å². The van der Waals surface area contributed by atoms with Gasteiger partial charge in [-0.05, 0) is 43.3 Å². The summed E-state index contributed by atoms with van der Waals surface area (Å²) in [6.45, 7) is 1.73. The van der Waals surface area contributed by atoms with Crippen molar-refractivity contribution in [3.8, 4) is 22.8 Å². The number of nitrogens with one attached hydrogen (secondary N) is 1. The first-order valence-corrected chi connectivity index (χ1v) is 9.09. The van der Waals surface area contributed by atoms with Crippen LogP contribution >= 0.6 is 11.3 Å². The molecule has 0 fully saturated rings. The summed E-state index contributed by atoms with van der Waals surface area (Å²) in [5, 5.41) is 8.81. The summed E-state index contributed by atoms with van der Waals surface area (Å²) in [6.07, 6.45) is 0. The largest absolute Gasteiger partial charge is 0.457 e. The molecule has 1 amide bonds. The average molecular weight is 377 g/mol. The Morgan fingerprint density at radius 2 is 1.81 bits per heavy atom. The molecule has 0 radical (unpaired) electrons. The second-order valence-corrected chi connectivity index (χ2v) is 6.61. The Morgan fingerprint density at radius 1 is 1.07 bits per heavy atom. The van der Waals surface area contributed by atoms with Gasteiger partial charge in [-0.25, -0.2) is 4.98 Å². The lowest BCUT2D eigenvalue weighted by Gasteiger charge is -2.05. The van der Waals surface area contributed by atoms with Gasteiger partial charge in [0.25, 0.3) is 5.91 Å². The number of aryl methyl sites for hydroxylation is 1. The van der Waals surface area contributed by atoms with Gasteiger partial charge in [0.05, 0.1) is 5.69 Å². The molecular weight excluding hydrogens is 362 g/mol. The number of thiazole rings is 1. The lowest BCUT2D eigenvalue weighted by Crippen LogP contribution is -2.11. The van der Waals surface area contributed by atoms with Gasteiger partial charge in [0.15, 0.2) is 10.8 Å². The van der Waals surface area contributed by atoms with Gasteiger partial charge in [-0.15, -0.1) is 11.3 Å². The molecule has 2 aromatic carbocycles. The van der Waals surface area contributed by atoms with Crippen molar-refractivity contribution in [3.05, 3.63) is 77.5 Å². The van der Waals surface area contributed by atoms with Crippen LogP contribution in [0.1, 0.15) is 16.2 Å². The highest BCUT2D eigenvalue weighted by atomic mass is 32.1. The van der Waals surface area contributed by atoms with Crippen LogP contribution in [-0.2, 0) is 0 Å². The minimum absolute atomic E-state index is 0.228. The molecule has 0 aliphatic carbocycles.